The Bertz CT molecular complexity index is 4130. The van der Waals surface area contributed by atoms with Gasteiger partial charge < -0.3 is 117 Å². The number of H-pyrrole nitrogens is 1. The summed E-state index contributed by atoms with van der Waals surface area (Å²) >= 11 is 0. The number of nitrogens with one attached hydrogen (secondary N) is 14. The van der Waals surface area contributed by atoms with Gasteiger partial charge >= 0.3 is 5.97 Å². The SMILES string of the molecule is CC(N)C(=O)NCC(=O)N[C@H]1CSSCC(C(=O)O)NC(=O)[C@H](CO)NC(=O)C(C(C)O)NC(=O)[C@H](Cc2ccccc2)NC(=O)[C@H](C(C)O)NC(=O)C(CCCCN)NC(=O)[C@H](Cc2c[nH]c3ccccc23)NC(=O)C(Cc2ccccc2)NC(=O)[C@H](Cc2ccccc2)NC(=O)C(CC(N)=O)NC(=O)C(CCCCN)NC1=O. The first-order chi connectivity index (χ1) is 54.9. The van der Waals surface area contributed by atoms with Gasteiger partial charge in [-0.3, -0.25) is 67.1 Å². The predicted molar refractivity (Wildman–Crippen MR) is 425 cm³/mol. The fourth-order valence-corrected chi connectivity index (χ4v) is 14.3. The monoisotopic (exact) mass is 1640 g/mol. The molecule has 26 N–H and O–H groups in total. The number of carboxylic acids is 1. The van der Waals surface area contributed by atoms with E-state index in [0.29, 0.717) is 39.6 Å². The lowest BCUT2D eigenvalue weighted by Crippen LogP contribution is -2.63. The third-order valence-corrected chi connectivity index (χ3v) is 20.7. The lowest BCUT2D eigenvalue weighted by atomic mass is 10.00. The van der Waals surface area contributed by atoms with Gasteiger partial charge in [-0.1, -0.05) is 131 Å². The number of unbranched alkanes of at least 4 members (excludes halogenated alkanes) is 2. The van der Waals surface area contributed by atoms with E-state index in [1.807, 2.05) is 0 Å². The minimum Gasteiger partial charge on any atom is -0.480 e. The van der Waals surface area contributed by atoms with Crippen molar-refractivity contribution in [1.82, 2.24) is 74.1 Å². The lowest BCUT2D eigenvalue weighted by Gasteiger charge is -2.29. The van der Waals surface area contributed by atoms with Crippen LogP contribution < -0.4 is 92.1 Å². The van der Waals surface area contributed by atoms with E-state index in [4.69, 9.17) is 22.9 Å². The van der Waals surface area contributed by atoms with Crippen LogP contribution in [0.3, 0.4) is 0 Å². The number of aliphatic hydroxyl groups is 3. The zero-order chi connectivity index (χ0) is 84.3. The van der Waals surface area contributed by atoms with Crippen molar-refractivity contribution in [2.45, 2.75) is 182 Å². The number of carbonyl (C=O) groups excluding carboxylic acids is 14. The number of benzene rings is 4. The first-order valence-electron chi connectivity index (χ1n) is 37.4. The second-order valence-corrected chi connectivity index (χ2v) is 30.1. The number of aromatic amines is 1. The van der Waals surface area contributed by atoms with Crippen molar-refractivity contribution in [3.8, 4) is 0 Å². The summed E-state index contributed by atoms with van der Waals surface area (Å²) in [5, 5.41) is 76.1. The summed E-state index contributed by atoms with van der Waals surface area (Å²) in [4.78, 5) is 217. The average molecular weight is 1640 g/mol. The molecule has 15 atom stereocenters. The van der Waals surface area contributed by atoms with Crippen molar-refractivity contribution in [3.05, 3.63) is 144 Å². The van der Waals surface area contributed by atoms with E-state index < -0.39 is 210 Å². The van der Waals surface area contributed by atoms with Crippen LogP contribution in [0.15, 0.2) is 121 Å². The fraction of sp³-hybridized carbons (Fsp3) is 0.461. The molecular weight excluding hydrogens is 1530 g/mol. The van der Waals surface area contributed by atoms with E-state index in [-0.39, 0.29) is 70.9 Å². The largest absolute Gasteiger partial charge is 0.480 e. The van der Waals surface area contributed by atoms with Crippen molar-refractivity contribution in [3.63, 3.8) is 0 Å². The zero-order valence-electron chi connectivity index (χ0n) is 63.8. The summed E-state index contributed by atoms with van der Waals surface area (Å²) in [5.41, 5.74) is 25.6. The number of rotatable bonds is 26. The smallest absolute Gasteiger partial charge is 0.327 e. The molecule has 1 fully saturated rings. The molecule has 1 saturated heterocycles. The Kier molecular flexibility index (Phi) is 38.4. The molecule has 9 unspecified atom stereocenters. The molecule has 0 radical (unpaired) electrons. The summed E-state index contributed by atoms with van der Waals surface area (Å²) in [6.07, 6.45) is -3.48. The van der Waals surface area contributed by atoms with Crippen LogP contribution in [0.5, 0.6) is 0 Å². The molecule has 37 nitrogen and oxygen atoms in total. The van der Waals surface area contributed by atoms with Crippen LogP contribution in [0.2, 0.25) is 0 Å². The molecule has 4 aromatic carbocycles. The van der Waals surface area contributed by atoms with Crippen LogP contribution in [0.4, 0.5) is 0 Å². The molecule has 2 heterocycles. The lowest BCUT2D eigenvalue weighted by molar-refractivity contribution is -0.142. The minimum absolute atomic E-state index is 0.104. The zero-order valence-corrected chi connectivity index (χ0v) is 65.4. The second kappa shape index (κ2) is 47.6. The third-order valence-electron chi connectivity index (χ3n) is 18.3. The maximum Gasteiger partial charge on any atom is 0.327 e. The molecule has 1 aliphatic heterocycles. The highest BCUT2D eigenvalue weighted by Gasteiger charge is 2.40. The van der Waals surface area contributed by atoms with E-state index in [1.165, 1.54) is 6.92 Å². The van der Waals surface area contributed by atoms with Gasteiger partial charge in [-0.25, -0.2) is 4.79 Å². The van der Waals surface area contributed by atoms with Gasteiger partial charge in [0.1, 0.15) is 72.5 Å². The molecule has 0 saturated carbocycles. The Balaban J connectivity index is 1.47. The number of hydrogen-bond donors (Lipinski definition) is 22. The number of aliphatic hydroxyl groups excluding tert-OH is 3. The number of carboxylic acid groups (broad SMARTS) is 1. The van der Waals surface area contributed by atoms with Crippen molar-refractivity contribution in [1.29, 1.82) is 0 Å². The van der Waals surface area contributed by atoms with Crippen LogP contribution in [-0.2, 0) is 97.6 Å². The van der Waals surface area contributed by atoms with Gasteiger partial charge in [0.15, 0.2) is 0 Å². The minimum atomic E-state index is -1.99. The first kappa shape index (κ1) is 92.8. The van der Waals surface area contributed by atoms with Crippen LogP contribution >= 0.6 is 21.6 Å². The molecule has 0 aliphatic carbocycles. The van der Waals surface area contributed by atoms with Crippen molar-refractivity contribution in [2.24, 2.45) is 22.9 Å². The average Bonchev–Trinajstić information content (AvgIpc) is 1.71. The number of carbonyl (C=O) groups is 15. The van der Waals surface area contributed by atoms with Gasteiger partial charge in [0.05, 0.1) is 37.8 Å². The Hall–Kier alpha value is -11.1. The Morgan fingerprint density at radius 1 is 0.470 bits per heavy atom. The highest BCUT2D eigenvalue weighted by molar-refractivity contribution is 8.76. The number of primary amides is 1. The quantitative estimate of drug-likeness (QED) is 0.0182. The molecule has 1 aromatic heterocycles. The standard InChI is InChI=1S/C76H104N18O19S2/c1-41(79)64(100)82-37-61(99)83-58-39-114-115-40-59(76(112)113)92-72(108)57(38-95)91-75(111)63(43(3)97)94-71(107)54(33-46-23-11-6-12-24-46)90-74(110)62(42(2)96)93-66(102)51(28-16-18-30-78)84-69(105)55(34-47-36-81-49-26-14-13-25-48(47)49)88-68(104)53(32-45-21-9-5-10-22-45)86-67(103)52(31-44-19-7-4-8-20-44)87-70(106)56(35-60(80)98)89-65(101)50(85-73(58)109)27-15-17-29-77/h4-14,19-26,36,41-43,50-59,62-63,81,95-97H,15-18,27-35,37-40,77-79H2,1-3H3,(H2,80,98)(H,82,100)(H,83,99)(H,84,105)(H,85,109)(H,86,103)(H,87,106)(H,88,104)(H,89,101)(H,90,110)(H,91,111)(H,92,108)(H,93,102)(H,94,107)(H,112,113)/t41?,42?,43?,50?,51?,52-,53?,54-,55-,56?,57-,58-,59?,62-,63?/m0/s1. The van der Waals surface area contributed by atoms with Gasteiger partial charge in [-0.05, 0) is 101 Å². The molecule has 624 valence electrons. The van der Waals surface area contributed by atoms with E-state index in [0.717, 1.165) is 35.4 Å². The summed E-state index contributed by atoms with van der Waals surface area (Å²) in [5.74, 6) is -17.7. The molecule has 6 rings (SSSR count). The number of hydrogen-bond acceptors (Lipinski definition) is 23. The first-order valence-corrected chi connectivity index (χ1v) is 39.8. The number of para-hydroxylation sites is 1. The Labute approximate surface area is 670 Å². The van der Waals surface area contributed by atoms with Gasteiger partial charge in [0.25, 0.3) is 0 Å². The number of aromatic nitrogens is 1. The van der Waals surface area contributed by atoms with Crippen molar-refractivity contribution >= 4 is 121 Å². The van der Waals surface area contributed by atoms with Gasteiger partial charge in [0, 0.05) is 54.3 Å². The molecule has 39 heteroatoms. The molecule has 0 spiro atoms. The van der Waals surface area contributed by atoms with Crippen LogP contribution in [0.1, 0.15) is 88.0 Å². The maximum absolute atomic E-state index is 15.4. The molecule has 1 aliphatic rings. The number of fused-ring (bicyclic) bond motifs is 1. The van der Waals surface area contributed by atoms with Crippen LogP contribution in [-0.4, -0.2) is 243 Å². The summed E-state index contributed by atoms with van der Waals surface area (Å²) in [6, 6.07) is 9.57. The molecule has 14 amide bonds. The molecule has 115 heavy (non-hydrogen) atoms. The van der Waals surface area contributed by atoms with E-state index in [1.54, 1.807) is 121 Å². The Morgan fingerprint density at radius 2 is 0.852 bits per heavy atom. The van der Waals surface area contributed by atoms with Crippen LogP contribution in [0.25, 0.3) is 10.9 Å². The van der Waals surface area contributed by atoms with E-state index in [2.05, 4.69) is 74.1 Å². The van der Waals surface area contributed by atoms with Gasteiger partial charge in [-0.2, -0.15) is 0 Å². The summed E-state index contributed by atoms with van der Waals surface area (Å²) in [6.45, 7) is 1.88. The van der Waals surface area contributed by atoms with Crippen molar-refractivity contribution in [2.75, 3.05) is 37.7 Å². The topological polar surface area (TPSA) is 613 Å². The highest BCUT2D eigenvalue weighted by atomic mass is 33.1. The van der Waals surface area contributed by atoms with Gasteiger partial charge in [-0.15, -0.1) is 0 Å². The fourth-order valence-electron chi connectivity index (χ4n) is 11.9. The highest BCUT2D eigenvalue weighted by Crippen LogP contribution is 2.25. The van der Waals surface area contributed by atoms with E-state index >= 15 is 14.4 Å². The summed E-state index contributed by atoms with van der Waals surface area (Å²) in [7, 11) is 1.49. The number of nitrogens with two attached hydrogens (primary N) is 4. The number of aliphatic carboxylic acids is 1. The number of amides is 14. The van der Waals surface area contributed by atoms with Gasteiger partial charge in [0.2, 0.25) is 82.7 Å². The molecular formula is C76H104N18O19S2. The molecule has 0 bridgehead atoms. The maximum atomic E-state index is 15.4. The van der Waals surface area contributed by atoms with E-state index in [9.17, 15) is 78.0 Å². The van der Waals surface area contributed by atoms with Crippen LogP contribution in [0, 0.1) is 0 Å². The predicted octanol–water partition coefficient (Wildman–Crippen LogP) is -4.91. The van der Waals surface area contributed by atoms with Crippen molar-refractivity contribution < 1.29 is 92.3 Å². The second-order valence-electron chi connectivity index (χ2n) is 27.6. The normalized spacial score (nSPS) is 23.7. The Morgan fingerprint density at radius 3 is 1.30 bits per heavy atom. The third kappa shape index (κ3) is 30.7. The molecule has 5 aromatic rings. The summed E-state index contributed by atoms with van der Waals surface area (Å²) < 4.78 is 0.